The molecule has 1 aromatic heterocycles. The molecule has 1 aromatic rings. The smallest absolute Gasteiger partial charge is 0.266 e. The number of anilines is 1. The van der Waals surface area contributed by atoms with Crippen molar-refractivity contribution in [3.05, 3.63) is 22.6 Å². The second kappa shape index (κ2) is 5.47. The molecule has 1 unspecified atom stereocenters. The Morgan fingerprint density at radius 1 is 1.73 bits per heavy atom. The monoisotopic (exact) mass is 213 g/mol. The largest absolute Gasteiger partial charge is 0.389 e. The van der Waals surface area contributed by atoms with Crippen molar-refractivity contribution in [2.45, 2.75) is 6.10 Å². The number of nitrogens with zero attached hydrogens (tertiary/aromatic N) is 2. The summed E-state index contributed by atoms with van der Waals surface area (Å²) in [6.45, 7) is 0.653. The van der Waals surface area contributed by atoms with Crippen LogP contribution in [0.1, 0.15) is 0 Å². The number of hydrogen-bond donors (Lipinski definition) is 2. The molecule has 0 amide bonds. The number of ether oxygens (including phenoxy) is 1. The third-order valence-corrected chi connectivity index (χ3v) is 1.93. The third-order valence-electron chi connectivity index (χ3n) is 1.93. The van der Waals surface area contributed by atoms with E-state index in [-0.39, 0.29) is 12.2 Å². The Balaban J connectivity index is 2.60. The van der Waals surface area contributed by atoms with Gasteiger partial charge in [-0.1, -0.05) is 0 Å². The predicted molar refractivity (Wildman–Crippen MR) is 56.0 cm³/mol. The number of aromatic nitrogens is 2. The SMILES string of the molecule is COCC(O)CN(C)c1cn[nH]c(=O)c1. The zero-order chi connectivity index (χ0) is 11.3. The molecule has 0 aliphatic heterocycles. The molecule has 0 saturated heterocycles. The first-order chi connectivity index (χ1) is 7.13. The van der Waals surface area contributed by atoms with Gasteiger partial charge >= 0.3 is 0 Å². The number of aliphatic hydroxyl groups excluding tert-OH is 1. The molecule has 0 aromatic carbocycles. The summed E-state index contributed by atoms with van der Waals surface area (Å²) in [5.41, 5.74) is 0.398. The molecule has 1 rings (SSSR count). The van der Waals surface area contributed by atoms with Crippen molar-refractivity contribution in [3.63, 3.8) is 0 Å². The maximum Gasteiger partial charge on any atom is 0.266 e. The van der Waals surface area contributed by atoms with Crippen LogP contribution in [0, 0.1) is 0 Å². The summed E-state index contributed by atoms with van der Waals surface area (Å²) >= 11 is 0. The van der Waals surface area contributed by atoms with E-state index in [1.54, 1.807) is 11.9 Å². The summed E-state index contributed by atoms with van der Waals surface area (Å²) in [6, 6.07) is 1.42. The Kier molecular flexibility index (Phi) is 4.26. The first-order valence-corrected chi connectivity index (χ1v) is 4.56. The van der Waals surface area contributed by atoms with Gasteiger partial charge in [0.1, 0.15) is 0 Å². The maximum atomic E-state index is 11.0. The van der Waals surface area contributed by atoms with Gasteiger partial charge in [0.15, 0.2) is 0 Å². The quantitative estimate of drug-likeness (QED) is 0.670. The number of aromatic amines is 1. The molecule has 0 fully saturated rings. The summed E-state index contributed by atoms with van der Waals surface area (Å²) in [5.74, 6) is 0. The van der Waals surface area contributed by atoms with E-state index in [1.165, 1.54) is 19.4 Å². The van der Waals surface area contributed by atoms with Gasteiger partial charge in [-0.05, 0) is 0 Å². The lowest BCUT2D eigenvalue weighted by molar-refractivity contribution is 0.0695. The first-order valence-electron chi connectivity index (χ1n) is 4.56. The molecule has 6 nitrogen and oxygen atoms in total. The molecule has 15 heavy (non-hydrogen) atoms. The normalized spacial score (nSPS) is 12.5. The van der Waals surface area contributed by atoms with Gasteiger partial charge in [-0.25, -0.2) is 5.10 Å². The Morgan fingerprint density at radius 3 is 3.07 bits per heavy atom. The molecule has 0 aliphatic carbocycles. The highest BCUT2D eigenvalue weighted by molar-refractivity contribution is 5.41. The molecule has 84 valence electrons. The fourth-order valence-corrected chi connectivity index (χ4v) is 1.24. The number of aliphatic hydroxyl groups is 1. The minimum Gasteiger partial charge on any atom is -0.389 e. The zero-order valence-corrected chi connectivity index (χ0v) is 8.80. The fourth-order valence-electron chi connectivity index (χ4n) is 1.24. The Labute approximate surface area is 87.5 Å². The highest BCUT2D eigenvalue weighted by Crippen LogP contribution is 2.06. The number of nitrogens with one attached hydrogen (secondary N) is 1. The van der Waals surface area contributed by atoms with Crippen molar-refractivity contribution in [2.24, 2.45) is 0 Å². The van der Waals surface area contributed by atoms with E-state index in [0.29, 0.717) is 12.2 Å². The third kappa shape index (κ3) is 3.69. The fraction of sp³-hybridized carbons (Fsp3) is 0.556. The van der Waals surface area contributed by atoms with Gasteiger partial charge in [0.05, 0.1) is 24.6 Å². The first kappa shape index (κ1) is 11.7. The van der Waals surface area contributed by atoms with Crippen LogP contribution in [0.5, 0.6) is 0 Å². The van der Waals surface area contributed by atoms with Crippen LogP contribution >= 0.6 is 0 Å². The van der Waals surface area contributed by atoms with Crippen molar-refractivity contribution < 1.29 is 9.84 Å². The van der Waals surface area contributed by atoms with E-state index >= 15 is 0 Å². The van der Waals surface area contributed by atoms with Crippen LogP contribution in [0.4, 0.5) is 5.69 Å². The summed E-state index contributed by atoms with van der Waals surface area (Å²) in [7, 11) is 3.30. The molecular formula is C9H15N3O3. The van der Waals surface area contributed by atoms with Crippen LogP contribution in [0.15, 0.2) is 17.1 Å². The van der Waals surface area contributed by atoms with Crippen molar-refractivity contribution in [1.82, 2.24) is 10.2 Å². The number of likely N-dealkylation sites (N-methyl/N-ethyl adjacent to an activating group) is 1. The maximum absolute atomic E-state index is 11.0. The number of methoxy groups -OCH3 is 1. The standard InChI is InChI=1S/C9H15N3O3/c1-12(5-8(13)6-15-2)7-3-9(14)11-10-4-7/h3-4,8,13H,5-6H2,1-2H3,(H,11,14). The van der Waals surface area contributed by atoms with Gasteiger partial charge in [-0.2, -0.15) is 5.10 Å². The Hall–Kier alpha value is -1.40. The van der Waals surface area contributed by atoms with Crippen LogP contribution in [-0.4, -0.2) is 48.7 Å². The summed E-state index contributed by atoms with van der Waals surface area (Å²) in [6.07, 6.45) is 0.945. The van der Waals surface area contributed by atoms with Gasteiger partial charge in [0, 0.05) is 26.8 Å². The zero-order valence-electron chi connectivity index (χ0n) is 8.80. The number of H-pyrrole nitrogens is 1. The molecule has 0 spiro atoms. The van der Waals surface area contributed by atoms with Gasteiger partial charge in [-0.3, -0.25) is 4.79 Å². The van der Waals surface area contributed by atoms with Crippen molar-refractivity contribution in [3.8, 4) is 0 Å². The topological polar surface area (TPSA) is 78.5 Å². The predicted octanol–water partition coefficient (Wildman–Crippen LogP) is -0.787. The van der Waals surface area contributed by atoms with Crippen LogP contribution < -0.4 is 10.5 Å². The molecule has 1 atom stereocenters. The van der Waals surface area contributed by atoms with Crippen molar-refractivity contribution in [2.75, 3.05) is 32.2 Å². The summed E-state index contributed by atoms with van der Waals surface area (Å²) < 4.78 is 4.80. The van der Waals surface area contributed by atoms with E-state index in [9.17, 15) is 9.90 Å². The van der Waals surface area contributed by atoms with E-state index in [1.807, 2.05) is 0 Å². The molecule has 0 radical (unpaired) electrons. The van der Waals surface area contributed by atoms with Crippen LogP contribution in [0.3, 0.4) is 0 Å². The van der Waals surface area contributed by atoms with Crippen LogP contribution in [-0.2, 0) is 4.74 Å². The van der Waals surface area contributed by atoms with Crippen molar-refractivity contribution >= 4 is 5.69 Å². The highest BCUT2D eigenvalue weighted by atomic mass is 16.5. The molecule has 6 heteroatoms. The molecular weight excluding hydrogens is 198 g/mol. The summed E-state index contributed by atoms with van der Waals surface area (Å²) in [5, 5.41) is 15.4. The second-order valence-electron chi connectivity index (χ2n) is 3.29. The minimum absolute atomic E-state index is 0.263. The van der Waals surface area contributed by atoms with E-state index in [0.717, 1.165) is 0 Å². The van der Waals surface area contributed by atoms with Gasteiger partial charge in [0.2, 0.25) is 0 Å². The molecule has 0 aliphatic rings. The summed E-state index contributed by atoms with van der Waals surface area (Å²) in [4.78, 5) is 12.7. The Bertz CT molecular complexity index is 352. The lowest BCUT2D eigenvalue weighted by Crippen LogP contribution is -2.32. The van der Waals surface area contributed by atoms with E-state index in [2.05, 4.69) is 10.2 Å². The van der Waals surface area contributed by atoms with E-state index in [4.69, 9.17) is 4.74 Å². The number of hydrogen-bond acceptors (Lipinski definition) is 5. The van der Waals surface area contributed by atoms with Gasteiger partial charge in [-0.15, -0.1) is 0 Å². The van der Waals surface area contributed by atoms with E-state index < -0.39 is 6.10 Å². The Morgan fingerprint density at radius 2 is 2.47 bits per heavy atom. The lowest BCUT2D eigenvalue weighted by Gasteiger charge is -2.21. The molecule has 2 N–H and O–H groups in total. The van der Waals surface area contributed by atoms with Gasteiger partial charge < -0.3 is 14.7 Å². The van der Waals surface area contributed by atoms with Crippen LogP contribution in [0.25, 0.3) is 0 Å². The average Bonchev–Trinajstić information content (AvgIpc) is 2.18. The number of rotatable bonds is 5. The second-order valence-corrected chi connectivity index (χ2v) is 3.29. The minimum atomic E-state index is -0.584. The lowest BCUT2D eigenvalue weighted by atomic mass is 10.3. The van der Waals surface area contributed by atoms with Gasteiger partial charge in [0.25, 0.3) is 5.56 Å². The van der Waals surface area contributed by atoms with Crippen molar-refractivity contribution in [1.29, 1.82) is 0 Å². The molecule has 1 heterocycles. The highest BCUT2D eigenvalue weighted by Gasteiger charge is 2.08. The molecule has 0 saturated carbocycles. The average molecular weight is 213 g/mol. The van der Waals surface area contributed by atoms with Crippen LogP contribution in [0.2, 0.25) is 0 Å². The molecule has 0 bridgehead atoms.